The number of rotatable bonds is 5. The molecule has 1 unspecified atom stereocenters. The molecule has 1 N–H and O–H groups in total. The molecule has 0 saturated carbocycles. The Kier molecular flexibility index (Phi) is 4.65. The second-order valence-electron chi connectivity index (χ2n) is 4.29. The van der Waals surface area contributed by atoms with Crippen LogP contribution in [0.3, 0.4) is 0 Å². The molecule has 0 radical (unpaired) electrons. The van der Waals surface area contributed by atoms with Crippen LogP contribution in [0.15, 0.2) is 12.1 Å². The molecule has 0 aliphatic heterocycles. The molecule has 0 aliphatic carbocycles. The van der Waals surface area contributed by atoms with Crippen molar-refractivity contribution >= 4 is 7.60 Å². The van der Waals surface area contributed by atoms with Crippen molar-refractivity contribution in [2.45, 2.75) is 19.8 Å². The molecule has 0 heterocycles. The summed E-state index contributed by atoms with van der Waals surface area (Å²) in [6.07, 6.45) is 0. The van der Waals surface area contributed by atoms with Crippen molar-refractivity contribution in [1.29, 1.82) is 0 Å². The van der Waals surface area contributed by atoms with Crippen LogP contribution in [0.1, 0.15) is 25.3 Å². The number of hydrogen-bond acceptors (Lipinski definition) is 4. The molecule has 0 amide bonds. The minimum atomic E-state index is -3.60. The van der Waals surface area contributed by atoms with Crippen LogP contribution in [0, 0.1) is 0 Å². The maximum Gasteiger partial charge on any atom is 0.373 e. The highest BCUT2D eigenvalue weighted by Gasteiger charge is 2.19. The van der Waals surface area contributed by atoms with Gasteiger partial charge in [-0.25, -0.2) is 4.57 Å². The number of methoxy groups -OCH3 is 2. The Morgan fingerprint density at radius 1 is 1.17 bits per heavy atom. The Morgan fingerprint density at radius 3 is 1.89 bits per heavy atom. The van der Waals surface area contributed by atoms with Crippen molar-refractivity contribution in [3.8, 4) is 17.2 Å². The topological polar surface area (TPSA) is 65.0 Å². The fourth-order valence-electron chi connectivity index (χ4n) is 1.73. The van der Waals surface area contributed by atoms with E-state index in [2.05, 4.69) is 0 Å². The molecule has 6 heteroatoms. The summed E-state index contributed by atoms with van der Waals surface area (Å²) in [5.41, 5.74) is 0.899. The predicted molar refractivity (Wildman–Crippen MR) is 70.0 cm³/mol. The Bertz CT molecular complexity index is 439. The lowest BCUT2D eigenvalue weighted by atomic mass is 10.0. The van der Waals surface area contributed by atoms with Gasteiger partial charge in [0.1, 0.15) is 17.2 Å². The van der Waals surface area contributed by atoms with Gasteiger partial charge in [0.05, 0.1) is 14.2 Å². The molecule has 1 atom stereocenters. The van der Waals surface area contributed by atoms with E-state index in [1.54, 1.807) is 12.1 Å². The van der Waals surface area contributed by atoms with E-state index in [1.165, 1.54) is 14.2 Å². The first kappa shape index (κ1) is 14.9. The monoisotopic (exact) mass is 274 g/mol. The van der Waals surface area contributed by atoms with E-state index in [0.29, 0.717) is 11.5 Å². The van der Waals surface area contributed by atoms with Crippen molar-refractivity contribution in [3.63, 3.8) is 0 Å². The average molecular weight is 274 g/mol. The van der Waals surface area contributed by atoms with Gasteiger partial charge in [0.25, 0.3) is 0 Å². The van der Waals surface area contributed by atoms with Crippen LogP contribution in [0.4, 0.5) is 0 Å². The van der Waals surface area contributed by atoms with E-state index in [4.69, 9.17) is 14.0 Å². The Hall–Kier alpha value is -1.19. The Morgan fingerprint density at radius 2 is 1.61 bits per heavy atom. The summed E-state index contributed by atoms with van der Waals surface area (Å²) in [7, 11) is -0.525. The van der Waals surface area contributed by atoms with Gasteiger partial charge >= 0.3 is 7.60 Å². The molecule has 0 fully saturated rings. The second kappa shape index (κ2) is 5.63. The molecule has 0 aromatic heterocycles. The molecule has 5 nitrogen and oxygen atoms in total. The van der Waals surface area contributed by atoms with Gasteiger partial charge in [-0.3, -0.25) is 0 Å². The zero-order chi connectivity index (χ0) is 13.9. The van der Waals surface area contributed by atoms with Gasteiger partial charge in [-0.2, -0.15) is 0 Å². The van der Waals surface area contributed by atoms with E-state index in [-0.39, 0.29) is 11.7 Å². The van der Waals surface area contributed by atoms with E-state index in [9.17, 15) is 9.46 Å². The van der Waals surface area contributed by atoms with Crippen molar-refractivity contribution in [2.24, 2.45) is 0 Å². The third-order valence-electron chi connectivity index (χ3n) is 2.37. The molecular formula is C12H19O5P. The van der Waals surface area contributed by atoms with Gasteiger partial charge in [-0.05, 0) is 5.92 Å². The van der Waals surface area contributed by atoms with Gasteiger partial charge in [0.2, 0.25) is 0 Å². The molecule has 1 aromatic carbocycles. The quantitative estimate of drug-likeness (QED) is 0.836. The maximum atomic E-state index is 11.3. The summed E-state index contributed by atoms with van der Waals surface area (Å²) in [4.78, 5) is 9.23. The van der Waals surface area contributed by atoms with Crippen LogP contribution in [-0.2, 0) is 4.57 Å². The van der Waals surface area contributed by atoms with Crippen molar-refractivity contribution in [3.05, 3.63) is 17.7 Å². The highest BCUT2D eigenvalue weighted by molar-refractivity contribution is 7.52. The molecule has 0 saturated heterocycles. The second-order valence-corrected chi connectivity index (χ2v) is 6.08. The predicted octanol–water partition coefficient (Wildman–Crippen LogP) is 3.02. The molecule has 1 rings (SSSR count). The van der Waals surface area contributed by atoms with Crippen LogP contribution in [-0.4, -0.2) is 25.8 Å². The van der Waals surface area contributed by atoms with Crippen molar-refractivity contribution < 1.29 is 23.5 Å². The van der Waals surface area contributed by atoms with Crippen LogP contribution >= 0.6 is 7.60 Å². The van der Waals surface area contributed by atoms with Crippen LogP contribution < -0.4 is 14.0 Å². The fourth-order valence-corrected chi connectivity index (χ4v) is 2.23. The number of hydrogen-bond donors (Lipinski definition) is 1. The lowest BCUT2D eigenvalue weighted by Crippen LogP contribution is -2.00. The van der Waals surface area contributed by atoms with Crippen molar-refractivity contribution in [1.82, 2.24) is 0 Å². The van der Waals surface area contributed by atoms with Crippen molar-refractivity contribution in [2.75, 3.05) is 20.9 Å². The largest absolute Gasteiger partial charge is 0.496 e. The van der Waals surface area contributed by atoms with Gasteiger partial charge in [-0.15, -0.1) is 0 Å². The fraction of sp³-hybridized carbons (Fsp3) is 0.500. The minimum Gasteiger partial charge on any atom is -0.496 e. The number of ether oxygens (including phenoxy) is 2. The Balaban J connectivity index is 3.30. The molecule has 0 spiro atoms. The lowest BCUT2D eigenvalue weighted by molar-refractivity contribution is 0.367. The van der Waals surface area contributed by atoms with Crippen LogP contribution in [0.5, 0.6) is 17.2 Å². The lowest BCUT2D eigenvalue weighted by Gasteiger charge is -2.18. The summed E-state index contributed by atoms with van der Waals surface area (Å²) in [5.74, 6) is 1.61. The first-order chi connectivity index (χ1) is 8.28. The van der Waals surface area contributed by atoms with Gasteiger partial charge < -0.3 is 18.9 Å². The third-order valence-corrected chi connectivity index (χ3v) is 2.92. The molecule has 0 bridgehead atoms. The molecule has 1 aromatic rings. The SMILES string of the molecule is COc1cc(OP(C)(=O)O)cc(OC)c1C(C)C. The van der Waals surface area contributed by atoms with Crippen LogP contribution in [0.25, 0.3) is 0 Å². The zero-order valence-electron chi connectivity index (χ0n) is 11.3. The highest BCUT2D eigenvalue weighted by atomic mass is 31.2. The summed E-state index contributed by atoms with van der Waals surface area (Å²) in [5, 5.41) is 0. The summed E-state index contributed by atoms with van der Waals surface area (Å²) >= 11 is 0. The molecule has 0 aliphatic rings. The highest BCUT2D eigenvalue weighted by Crippen LogP contribution is 2.44. The summed E-state index contributed by atoms with van der Waals surface area (Å²) < 4.78 is 26.8. The first-order valence-electron chi connectivity index (χ1n) is 5.54. The van der Waals surface area contributed by atoms with Gasteiger partial charge in [0.15, 0.2) is 0 Å². The molecule has 18 heavy (non-hydrogen) atoms. The van der Waals surface area contributed by atoms with Gasteiger partial charge in [-0.1, -0.05) is 13.8 Å². The zero-order valence-corrected chi connectivity index (χ0v) is 12.2. The normalized spacial score (nSPS) is 14.2. The van der Waals surface area contributed by atoms with E-state index in [1.807, 2.05) is 13.8 Å². The van der Waals surface area contributed by atoms with Gasteiger partial charge in [0, 0.05) is 24.4 Å². The van der Waals surface area contributed by atoms with E-state index >= 15 is 0 Å². The number of benzene rings is 1. The molecule has 102 valence electrons. The minimum absolute atomic E-state index is 0.200. The van der Waals surface area contributed by atoms with E-state index < -0.39 is 7.60 Å². The standard InChI is InChI=1S/C12H19O5P/c1-8(2)12-10(15-3)6-9(7-11(12)16-4)17-18(5,13)14/h6-8H,1-5H3,(H,13,14). The molecular weight excluding hydrogens is 255 g/mol. The smallest absolute Gasteiger partial charge is 0.373 e. The van der Waals surface area contributed by atoms with Crippen LogP contribution in [0.2, 0.25) is 0 Å². The Labute approximate surface area is 107 Å². The first-order valence-corrected chi connectivity index (χ1v) is 7.56. The maximum absolute atomic E-state index is 11.3. The average Bonchev–Trinajstić information content (AvgIpc) is 2.24. The van der Waals surface area contributed by atoms with E-state index in [0.717, 1.165) is 12.2 Å². The summed E-state index contributed by atoms with van der Waals surface area (Å²) in [6.45, 7) is 5.15. The third kappa shape index (κ3) is 3.65. The summed E-state index contributed by atoms with van der Waals surface area (Å²) in [6, 6.07) is 3.18.